The first-order valence-electron chi connectivity index (χ1n) is 8.03. The van der Waals surface area contributed by atoms with Crippen molar-refractivity contribution in [2.24, 2.45) is 4.99 Å². The molecule has 0 unspecified atom stereocenters. The number of rotatable bonds is 6. The SMILES string of the molecule is CCNC(=NCCS(=O)(=O)C(C)(C)C)N(C)Cc1cccc(Cl)c1.I. The van der Waals surface area contributed by atoms with E-state index in [1.165, 1.54) is 0 Å². The maximum atomic E-state index is 12.2. The first-order valence-corrected chi connectivity index (χ1v) is 10.1. The molecule has 0 spiro atoms. The molecule has 0 amide bonds. The van der Waals surface area contributed by atoms with Crippen LogP contribution in [0.25, 0.3) is 0 Å². The molecule has 0 heterocycles. The molecule has 1 rings (SSSR count). The van der Waals surface area contributed by atoms with Gasteiger partial charge in [-0.1, -0.05) is 23.7 Å². The Morgan fingerprint density at radius 1 is 1.32 bits per heavy atom. The zero-order chi connectivity index (χ0) is 18.4. The molecular formula is C17H29ClIN3O2S. The van der Waals surface area contributed by atoms with Gasteiger partial charge in [0.15, 0.2) is 15.8 Å². The highest BCUT2D eigenvalue weighted by Gasteiger charge is 2.28. The van der Waals surface area contributed by atoms with Crippen LogP contribution in [-0.2, 0) is 16.4 Å². The summed E-state index contributed by atoms with van der Waals surface area (Å²) in [6, 6.07) is 7.65. The molecule has 0 bridgehead atoms. The third-order valence-corrected chi connectivity index (χ3v) is 6.38. The Balaban J connectivity index is 0.00000576. The number of nitrogens with zero attached hydrogens (tertiary/aromatic N) is 2. The third-order valence-electron chi connectivity index (χ3n) is 3.56. The number of halogens is 2. The van der Waals surface area contributed by atoms with Crippen molar-refractivity contribution in [1.29, 1.82) is 0 Å². The van der Waals surface area contributed by atoms with Crippen molar-refractivity contribution < 1.29 is 8.42 Å². The lowest BCUT2D eigenvalue weighted by molar-refractivity contribution is 0.477. The summed E-state index contributed by atoms with van der Waals surface area (Å²) in [5.74, 6) is 0.720. The molecule has 0 atom stereocenters. The zero-order valence-corrected chi connectivity index (χ0v) is 19.4. The van der Waals surface area contributed by atoms with Crippen LogP contribution < -0.4 is 5.32 Å². The minimum atomic E-state index is -3.17. The normalized spacial score (nSPS) is 12.5. The Morgan fingerprint density at radius 3 is 2.48 bits per heavy atom. The molecule has 144 valence electrons. The summed E-state index contributed by atoms with van der Waals surface area (Å²) >= 11 is 6.01. The van der Waals surface area contributed by atoms with Crippen LogP contribution in [0.1, 0.15) is 33.3 Å². The fourth-order valence-electron chi connectivity index (χ4n) is 2.03. The van der Waals surface area contributed by atoms with E-state index in [9.17, 15) is 8.42 Å². The molecule has 0 aliphatic heterocycles. The van der Waals surface area contributed by atoms with Crippen molar-refractivity contribution in [3.05, 3.63) is 34.9 Å². The molecule has 0 aliphatic carbocycles. The third kappa shape index (κ3) is 8.13. The smallest absolute Gasteiger partial charge is 0.193 e. The highest BCUT2D eigenvalue weighted by atomic mass is 127. The molecule has 0 aliphatic rings. The Kier molecular flexibility index (Phi) is 10.3. The predicted octanol–water partition coefficient (Wildman–Crippen LogP) is 3.57. The van der Waals surface area contributed by atoms with Gasteiger partial charge in [-0.15, -0.1) is 24.0 Å². The number of guanidine groups is 1. The summed E-state index contributed by atoms with van der Waals surface area (Å²) in [7, 11) is -1.25. The molecule has 0 radical (unpaired) electrons. The van der Waals surface area contributed by atoms with Crippen LogP contribution in [0.5, 0.6) is 0 Å². The molecule has 0 aromatic heterocycles. The van der Waals surface area contributed by atoms with Gasteiger partial charge in [0.1, 0.15) is 0 Å². The highest BCUT2D eigenvalue weighted by Crippen LogP contribution is 2.16. The molecular weight excluding hydrogens is 473 g/mol. The van der Waals surface area contributed by atoms with Crippen molar-refractivity contribution in [3.63, 3.8) is 0 Å². The van der Waals surface area contributed by atoms with E-state index in [0.29, 0.717) is 24.1 Å². The van der Waals surface area contributed by atoms with Crippen LogP contribution in [0.4, 0.5) is 0 Å². The fourth-order valence-corrected chi connectivity index (χ4v) is 3.19. The van der Waals surface area contributed by atoms with Crippen LogP contribution >= 0.6 is 35.6 Å². The van der Waals surface area contributed by atoms with Crippen LogP contribution in [0.15, 0.2) is 29.3 Å². The van der Waals surface area contributed by atoms with Gasteiger partial charge in [-0.3, -0.25) is 4.99 Å². The molecule has 0 fully saturated rings. The van der Waals surface area contributed by atoms with Gasteiger partial charge in [-0.25, -0.2) is 8.42 Å². The van der Waals surface area contributed by atoms with Gasteiger partial charge in [0.25, 0.3) is 0 Å². The second-order valence-electron chi connectivity index (χ2n) is 6.65. The molecule has 1 N–H and O–H groups in total. The van der Waals surface area contributed by atoms with Crippen molar-refractivity contribution in [3.8, 4) is 0 Å². The maximum Gasteiger partial charge on any atom is 0.193 e. The Hall–Kier alpha value is -0.540. The number of aliphatic imine (C=N–C) groups is 1. The summed E-state index contributed by atoms with van der Waals surface area (Å²) in [6.45, 7) is 8.70. The van der Waals surface area contributed by atoms with Crippen LogP contribution in [0.2, 0.25) is 5.02 Å². The molecule has 0 saturated heterocycles. The van der Waals surface area contributed by atoms with E-state index in [-0.39, 0.29) is 36.3 Å². The van der Waals surface area contributed by atoms with Gasteiger partial charge in [0.2, 0.25) is 0 Å². The summed E-state index contributed by atoms with van der Waals surface area (Å²) in [5.41, 5.74) is 1.07. The predicted molar refractivity (Wildman–Crippen MR) is 118 cm³/mol. The van der Waals surface area contributed by atoms with Crippen LogP contribution in [0.3, 0.4) is 0 Å². The second kappa shape index (κ2) is 10.6. The number of benzene rings is 1. The Morgan fingerprint density at radius 2 is 1.96 bits per heavy atom. The van der Waals surface area contributed by atoms with Crippen molar-refractivity contribution in [2.45, 2.75) is 39.0 Å². The monoisotopic (exact) mass is 501 g/mol. The largest absolute Gasteiger partial charge is 0.357 e. The molecule has 1 aromatic carbocycles. The van der Waals surface area contributed by atoms with Gasteiger partial charge in [-0.2, -0.15) is 0 Å². The quantitative estimate of drug-likeness (QED) is 0.368. The standard InChI is InChI=1S/C17H28ClN3O2S.HI/c1-6-19-16(20-10-11-24(22,23)17(2,3)4)21(5)13-14-8-7-9-15(18)12-14;/h7-9,12H,6,10-11,13H2,1-5H3,(H,19,20);1H. The molecule has 8 heteroatoms. The zero-order valence-electron chi connectivity index (χ0n) is 15.5. The molecule has 1 aromatic rings. The number of sulfone groups is 1. The summed E-state index contributed by atoms with van der Waals surface area (Å²) in [4.78, 5) is 6.41. The summed E-state index contributed by atoms with van der Waals surface area (Å²) in [6.07, 6.45) is 0. The Labute approximate surface area is 174 Å². The number of hydrogen-bond acceptors (Lipinski definition) is 3. The van der Waals surface area contributed by atoms with E-state index in [0.717, 1.165) is 5.56 Å². The van der Waals surface area contributed by atoms with E-state index in [1.54, 1.807) is 20.8 Å². The molecule has 0 saturated carbocycles. The van der Waals surface area contributed by atoms with E-state index in [1.807, 2.05) is 43.1 Å². The lowest BCUT2D eigenvalue weighted by Crippen LogP contribution is -2.39. The average Bonchev–Trinajstić information content (AvgIpc) is 2.45. The van der Waals surface area contributed by atoms with Crippen molar-refractivity contribution >= 4 is 51.4 Å². The van der Waals surface area contributed by atoms with Gasteiger partial charge >= 0.3 is 0 Å². The van der Waals surface area contributed by atoms with E-state index >= 15 is 0 Å². The van der Waals surface area contributed by atoms with Crippen molar-refractivity contribution in [2.75, 3.05) is 25.9 Å². The minimum Gasteiger partial charge on any atom is -0.357 e. The fraction of sp³-hybridized carbons (Fsp3) is 0.588. The highest BCUT2D eigenvalue weighted by molar-refractivity contribution is 14.0. The minimum absolute atomic E-state index is 0. The van der Waals surface area contributed by atoms with Gasteiger partial charge in [0, 0.05) is 25.2 Å². The maximum absolute atomic E-state index is 12.2. The summed E-state index contributed by atoms with van der Waals surface area (Å²) < 4.78 is 23.6. The lowest BCUT2D eigenvalue weighted by atomic mass is 10.2. The van der Waals surface area contributed by atoms with Crippen molar-refractivity contribution in [1.82, 2.24) is 10.2 Å². The second-order valence-corrected chi connectivity index (χ2v) is 9.95. The average molecular weight is 502 g/mol. The van der Waals surface area contributed by atoms with Crippen LogP contribution in [-0.4, -0.2) is 49.9 Å². The van der Waals surface area contributed by atoms with E-state index in [4.69, 9.17) is 11.6 Å². The van der Waals surface area contributed by atoms with Crippen LogP contribution in [0, 0.1) is 0 Å². The molecule has 25 heavy (non-hydrogen) atoms. The topological polar surface area (TPSA) is 61.8 Å². The van der Waals surface area contributed by atoms with Gasteiger partial charge < -0.3 is 10.2 Å². The number of hydrogen-bond donors (Lipinski definition) is 1. The number of nitrogens with one attached hydrogen (secondary N) is 1. The van der Waals surface area contributed by atoms with E-state index in [2.05, 4.69) is 10.3 Å². The van der Waals surface area contributed by atoms with Gasteiger partial charge in [0.05, 0.1) is 17.0 Å². The van der Waals surface area contributed by atoms with E-state index < -0.39 is 14.6 Å². The Bertz CT molecular complexity index is 673. The first kappa shape index (κ1) is 24.5. The molecule has 5 nitrogen and oxygen atoms in total. The lowest BCUT2D eigenvalue weighted by Gasteiger charge is -2.23. The summed E-state index contributed by atoms with van der Waals surface area (Å²) in [5, 5.41) is 3.88. The first-order chi connectivity index (χ1) is 11.1. The van der Waals surface area contributed by atoms with Gasteiger partial charge in [-0.05, 0) is 45.4 Å².